The lowest BCUT2D eigenvalue weighted by Crippen LogP contribution is -1.96. The van der Waals surface area contributed by atoms with Crippen LogP contribution in [0.4, 0.5) is 19.4 Å². The normalized spacial score (nSPS) is 10.7. The lowest BCUT2D eigenvalue weighted by molar-refractivity contribution is 0.111. The van der Waals surface area contributed by atoms with Crippen molar-refractivity contribution >= 4 is 67.0 Å². The Balaban J connectivity index is 3.77. The zero-order chi connectivity index (χ0) is 13.7. The molecule has 0 fully saturated rings. The fraction of sp³-hybridized carbons (Fsp3) is 0. The number of carbonyl (C=O) groups is 1. The van der Waals surface area contributed by atoms with E-state index in [1.54, 1.807) is 0 Å². The number of hydrogen-bond donors (Lipinski definition) is 0. The van der Waals surface area contributed by atoms with Gasteiger partial charge >= 0.3 is 0 Å². The van der Waals surface area contributed by atoms with Gasteiger partial charge in [0.15, 0.2) is 6.29 Å². The molecular formula is C7HF5OS5. The molecule has 0 atom stereocenters. The van der Waals surface area contributed by atoms with Crippen LogP contribution in [0.25, 0.3) is 0 Å². The molecule has 0 aliphatic carbocycles. The maximum atomic E-state index is 12.7. The molecule has 0 saturated heterocycles. The van der Waals surface area contributed by atoms with Gasteiger partial charge in [-0.1, -0.05) is 0 Å². The average molecular weight is 356 g/mol. The Morgan fingerprint density at radius 1 is 0.611 bits per heavy atom. The molecule has 0 saturated carbocycles. The molecule has 1 rings (SSSR count). The highest BCUT2D eigenvalue weighted by Crippen LogP contribution is 2.51. The van der Waals surface area contributed by atoms with Crippen LogP contribution in [0.15, 0.2) is 24.5 Å². The fourth-order valence-corrected chi connectivity index (χ4v) is 4.00. The molecule has 0 aliphatic heterocycles. The van der Waals surface area contributed by atoms with E-state index >= 15 is 0 Å². The maximum Gasteiger partial charge on any atom is 0.152 e. The van der Waals surface area contributed by atoms with E-state index in [1.165, 1.54) is 0 Å². The Labute approximate surface area is 121 Å². The summed E-state index contributed by atoms with van der Waals surface area (Å²) in [5.74, 6) is 0. The van der Waals surface area contributed by atoms with E-state index in [-0.39, 0.29) is 6.29 Å². The van der Waals surface area contributed by atoms with Crippen molar-refractivity contribution < 1.29 is 24.2 Å². The molecule has 0 unspecified atom stereocenters. The van der Waals surface area contributed by atoms with Gasteiger partial charge in [-0.05, 0) is 0 Å². The third-order valence-electron chi connectivity index (χ3n) is 1.82. The summed E-state index contributed by atoms with van der Waals surface area (Å²) in [7, 11) is 0. The largest absolute Gasteiger partial charge is 0.298 e. The first-order valence-corrected chi connectivity index (χ1v) is 7.40. The van der Waals surface area contributed by atoms with Gasteiger partial charge in [0, 0.05) is 5.56 Å². The standard InChI is InChI=1S/C7HF5OS5/c8-14-3-2(1-13)4(15-9)6(17-11)7(18-12)5(3)16-10/h1H. The second kappa shape index (κ2) is 7.78. The van der Waals surface area contributed by atoms with E-state index < -0.39 is 90.8 Å². The monoisotopic (exact) mass is 356 g/mol. The number of benzene rings is 1. The summed E-state index contributed by atoms with van der Waals surface area (Å²) in [5, 5.41) is 0. The molecule has 100 valence electrons. The minimum atomic E-state index is -0.596. The molecule has 0 aromatic heterocycles. The third-order valence-corrected chi connectivity index (χ3v) is 5.18. The van der Waals surface area contributed by atoms with E-state index in [4.69, 9.17) is 0 Å². The van der Waals surface area contributed by atoms with Crippen molar-refractivity contribution in [3.63, 3.8) is 0 Å². The molecule has 0 aliphatic rings. The van der Waals surface area contributed by atoms with Crippen LogP contribution >= 0.6 is 60.7 Å². The molecule has 18 heavy (non-hydrogen) atoms. The van der Waals surface area contributed by atoms with Gasteiger partial charge in [-0.25, -0.2) is 0 Å². The third kappa shape index (κ3) is 2.89. The van der Waals surface area contributed by atoms with Crippen LogP contribution in [-0.4, -0.2) is 6.29 Å². The van der Waals surface area contributed by atoms with Crippen molar-refractivity contribution in [2.75, 3.05) is 0 Å². The van der Waals surface area contributed by atoms with Crippen LogP contribution in [-0.2, 0) is 0 Å². The van der Waals surface area contributed by atoms with Gasteiger partial charge in [-0.3, -0.25) is 4.79 Å². The topological polar surface area (TPSA) is 17.1 Å². The first kappa shape index (κ1) is 16.3. The first-order valence-electron chi connectivity index (χ1n) is 3.82. The molecule has 1 aromatic rings. The summed E-state index contributed by atoms with van der Waals surface area (Å²) in [4.78, 5) is 7.86. The van der Waals surface area contributed by atoms with Crippen LogP contribution in [0.3, 0.4) is 0 Å². The Hall–Kier alpha value is 0.290. The van der Waals surface area contributed by atoms with Gasteiger partial charge in [0.1, 0.15) is 0 Å². The van der Waals surface area contributed by atoms with Gasteiger partial charge in [0.2, 0.25) is 0 Å². The molecule has 0 heterocycles. The van der Waals surface area contributed by atoms with Gasteiger partial charge in [-0.2, -0.15) is 19.4 Å². The summed E-state index contributed by atoms with van der Waals surface area (Å²) in [5.41, 5.74) is -0.548. The average Bonchev–Trinajstić information content (AvgIpc) is 2.43. The van der Waals surface area contributed by atoms with E-state index in [0.29, 0.717) is 0 Å². The van der Waals surface area contributed by atoms with Crippen LogP contribution in [0.5, 0.6) is 0 Å². The summed E-state index contributed by atoms with van der Waals surface area (Å²) >= 11 is -2.70. The smallest absolute Gasteiger partial charge is 0.152 e. The molecule has 0 radical (unpaired) electrons. The van der Waals surface area contributed by atoms with Gasteiger partial charge < -0.3 is 0 Å². The minimum Gasteiger partial charge on any atom is -0.298 e. The lowest BCUT2D eigenvalue weighted by atomic mass is 10.2. The zero-order valence-corrected chi connectivity index (χ0v) is 12.0. The Morgan fingerprint density at radius 3 is 1.11 bits per heavy atom. The SMILES string of the molecule is O=Cc1c(SF)c(SF)c(SF)c(SF)c1SF. The van der Waals surface area contributed by atoms with Gasteiger partial charge in [0.05, 0.1) is 85.2 Å². The van der Waals surface area contributed by atoms with Crippen LogP contribution in [0, 0.1) is 0 Å². The van der Waals surface area contributed by atoms with E-state index in [9.17, 15) is 24.2 Å². The second-order valence-electron chi connectivity index (χ2n) is 2.56. The minimum absolute atomic E-state index is 0.0654. The number of carbonyl (C=O) groups excluding carboxylic acids is 1. The maximum absolute atomic E-state index is 12.7. The van der Waals surface area contributed by atoms with Crippen molar-refractivity contribution in [1.82, 2.24) is 0 Å². The molecule has 0 spiro atoms. The number of aldehydes is 1. The highest BCUT2D eigenvalue weighted by atomic mass is 32.2. The summed E-state index contributed by atoms with van der Waals surface area (Å²) < 4.78 is 63.5. The van der Waals surface area contributed by atoms with Crippen molar-refractivity contribution in [2.24, 2.45) is 0 Å². The predicted octanol–water partition coefficient (Wildman–Crippen LogP) is 6.38. The number of hydrogen-bond acceptors (Lipinski definition) is 6. The highest BCUT2D eigenvalue weighted by Gasteiger charge is 2.27. The van der Waals surface area contributed by atoms with Gasteiger partial charge in [-0.15, -0.1) is 0 Å². The second-order valence-corrected chi connectivity index (χ2v) is 5.38. The van der Waals surface area contributed by atoms with Crippen molar-refractivity contribution in [2.45, 2.75) is 24.5 Å². The predicted molar refractivity (Wildman–Crippen MR) is 66.7 cm³/mol. The summed E-state index contributed by atoms with van der Waals surface area (Å²) in [6, 6.07) is 0. The van der Waals surface area contributed by atoms with Crippen LogP contribution in [0.1, 0.15) is 10.4 Å². The molecule has 0 amide bonds. The molecule has 11 heteroatoms. The van der Waals surface area contributed by atoms with Gasteiger partial charge in [0.25, 0.3) is 0 Å². The first-order chi connectivity index (χ1) is 8.69. The van der Waals surface area contributed by atoms with E-state index in [2.05, 4.69) is 0 Å². The molecule has 0 N–H and O–H groups in total. The van der Waals surface area contributed by atoms with E-state index in [0.717, 1.165) is 0 Å². The summed E-state index contributed by atoms with van der Waals surface area (Å²) in [6.07, 6.45) is 0.0654. The molecule has 1 nitrogen and oxygen atoms in total. The van der Waals surface area contributed by atoms with Crippen molar-refractivity contribution in [3.05, 3.63) is 5.56 Å². The summed E-state index contributed by atoms with van der Waals surface area (Å²) in [6.45, 7) is 0. The molecule has 0 bridgehead atoms. The van der Waals surface area contributed by atoms with Crippen LogP contribution in [0.2, 0.25) is 0 Å². The van der Waals surface area contributed by atoms with Crippen molar-refractivity contribution in [3.8, 4) is 0 Å². The zero-order valence-electron chi connectivity index (χ0n) is 7.92. The Morgan fingerprint density at radius 2 is 0.889 bits per heavy atom. The lowest BCUT2D eigenvalue weighted by Gasteiger charge is -2.13. The van der Waals surface area contributed by atoms with Crippen LogP contribution < -0.4 is 0 Å². The Kier molecular flexibility index (Phi) is 7.06. The number of rotatable bonds is 6. The quantitative estimate of drug-likeness (QED) is 0.431. The fourth-order valence-electron chi connectivity index (χ4n) is 1.13. The highest BCUT2D eigenvalue weighted by molar-refractivity contribution is 8.00. The Bertz CT molecular complexity index is 423. The van der Waals surface area contributed by atoms with E-state index in [1.807, 2.05) is 0 Å². The molecular weight excluding hydrogens is 355 g/mol. The number of halogens is 5. The molecule has 1 aromatic carbocycles. The van der Waals surface area contributed by atoms with Crippen molar-refractivity contribution in [1.29, 1.82) is 0 Å².